The summed E-state index contributed by atoms with van der Waals surface area (Å²) in [5, 5.41) is 11.3. The number of nitrogens with zero attached hydrogens (tertiary/aromatic N) is 1. The van der Waals surface area contributed by atoms with Crippen molar-refractivity contribution >= 4 is 22.4 Å². The second-order valence-electron chi connectivity index (χ2n) is 6.97. The molecule has 0 fully saturated rings. The van der Waals surface area contributed by atoms with Gasteiger partial charge in [0.15, 0.2) is 18.2 Å². The first kappa shape index (κ1) is 20.0. The highest BCUT2D eigenvalue weighted by molar-refractivity contribution is 5.98. The maximum atomic E-state index is 13.1. The van der Waals surface area contributed by atoms with Crippen LogP contribution in [0.5, 0.6) is 5.75 Å². The van der Waals surface area contributed by atoms with Gasteiger partial charge in [0.05, 0.1) is 10.3 Å². The Morgan fingerprint density at radius 3 is 2.52 bits per heavy atom. The third-order valence-corrected chi connectivity index (χ3v) is 4.80. The Hall–Kier alpha value is -4.26. The third-order valence-electron chi connectivity index (χ3n) is 4.80. The van der Waals surface area contributed by atoms with E-state index in [0.29, 0.717) is 16.5 Å². The number of benzene rings is 3. The van der Waals surface area contributed by atoms with Gasteiger partial charge in [-0.2, -0.15) is 0 Å². The van der Waals surface area contributed by atoms with Gasteiger partial charge in [0.2, 0.25) is 11.2 Å². The van der Waals surface area contributed by atoms with Gasteiger partial charge in [-0.3, -0.25) is 19.7 Å². The summed E-state index contributed by atoms with van der Waals surface area (Å²) in [4.78, 5) is 36.1. The van der Waals surface area contributed by atoms with Crippen LogP contribution in [0, 0.1) is 17.0 Å². The number of hydrogen-bond acceptors (Lipinski definition) is 6. The number of non-ortho nitro benzene ring substituents is 1. The number of rotatable bonds is 6. The van der Waals surface area contributed by atoms with Gasteiger partial charge in [-0.1, -0.05) is 54.1 Å². The number of ketones is 1. The Morgan fingerprint density at radius 2 is 1.77 bits per heavy atom. The summed E-state index contributed by atoms with van der Waals surface area (Å²) in [6, 6.07) is 19.5. The van der Waals surface area contributed by atoms with Gasteiger partial charge >= 0.3 is 0 Å². The van der Waals surface area contributed by atoms with Gasteiger partial charge in [-0.05, 0) is 19.1 Å². The van der Waals surface area contributed by atoms with Crippen molar-refractivity contribution in [3.8, 4) is 17.1 Å². The summed E-state index contributed by atoms with van der Waals surface area (Å²) in [6.45, 7) is 1.47. The highest BCUT2D eigenvalue weighted by Gasteiger charge is 2.20. The van der Waals surface area contributed by atoms with Crippen LogP contribution >= 0.6 is 0 Å². The number of nitro groups is 1. The molecule has 0 spiro atoms. The molecule has 0 saturated heterocycles. The van der Waals surface area contributed by atoms with Crippen LogP contribution in [0.25, 0.3) is 22.3 Å². The van der Waals surface area contributed by atoms with Gasteiger partial charge in [0.25, 0.3) is 5.69 Å². The smallest absolute Gasteiger partial charge is 0.270 e. The number of Topliss-reactive ketones (excluding diaryl/α,β-unsaturated/α-hetero) is 1. The molecule has 0 aliphatic rings. The largest absolute Gasteiger partial charge is 0.478 e. The number of carbonyl (C=O) groups is 1. The molecule has 0 radical (unpaired) electrons. The Kier molecular flexibility index (Phi) is 5.32. The van der Waals surface area contributed by atoms with Crippen LogP contribution in [-0.4, -0.2) is 17.3 Å². The number of aryl methyl sites for hydroxylation is 1. The highest BCUT2D eigenvalue weighted by Crippen LogP contribution is 2.31. The van der Waals surface area contributed by atoms with E-state index in [0.717, 1.165) is 5.56 Å². The van der Waals surface area contributed by atoms with Crippen molar-refractivity contribution in [2.45, 2.75) is 6.92 Å². The van der Waals surface area contributed by atoms with E-state index in [1.807, 2.05) is 19.1 Å². The topological polar surface area (TPSA) is 99.7 Å². The van der Waals surface area contributed by atoms with E-state index in [-0.39, 0.29) is 22.8 Å². The monoisotopic (exact) mass is 415 g/mol. The quantitative estimate of drug-likeness (QED) is 0.251. The lowest BCUT2D eigenvalue weighted by molar-refractivity contribution is -0.384. The lowest BCUT2D eigenvalue weighted by Crippen LogP contribution is -2.17. The van der Waals surface area contributed by atoms with Crippen molar-refractivity contribution in [1.29, 1.82) is 0 Å². The molecule has 0 atom stereocenters. The fraction of sp³-hybridized carbons (Fsp3) is 0.0833. The molecule has 7 nitrogen and oxygen atoms in total. The Bertz CT molecular complexity index is 1350. The molecule has 0 N–H and O–H groups in total. The Labute approximate surface area is 176 Å². The number of ether oxygens (including phenoxy) is 1. The van der Waals surface area contributed by atoms with E-state index in [4.69, 9.17) is 9.15 Å². The first-order valence-corrected chi connectivity index (χ1v) is 9.47. The third kappa shape index (κ3) is 4.06. The van der Waals surface area contributed by atoms with Crippen LogP contribution in [0.15, 0.2) is 82.0 Å². The van der Waals surface area contributed by atoms with Crippen LogP contribution in [-0.2, 0) is 0 Å². The zero-order chi connectivity index (χ0) is 22.0. The molecule has 0 unspecified atom stereocenters. The van der Waals surface area contributed by atoms with E-state index in [1.54, 1.807) is 36.4 Å². The predicted octanol–water partition coefficient (Wildman–Crippen LogP) is 4.94. The summed E-state index contributed by atoms with van der Waals surface area (Å²) in [6.07, 6.45) is 0. The molecular weight excluding hydrogens is 398 g/mol. The fourth-order valence-corrected chi connectivity index (χ4v) is 3.16. The van der Waals surface area contributed by atoms with E-state index < -0.39 is 22.7 Å². The van der Waals surface area contributed by atoms with Crippen LogP contribution in [0.1, 0.15) is 15.9 Å². The standard InChI is InChI=1S/C24H17NO6/c1-15-9-11-16(12-10-15)23-24(22(27)19-7-2-3-8-21(19)31-23)30-14-20(26)17-5-4-6-18(13-17)25(28)29/h2-13H,14H2,1H3. The molecule has 3 aromatic carbocycles. The Morgan fingerprint density at radius 1 is 1.03 bits per heavy atom. The molecule has 0 saturated carbocycles. The molecule has 0 amide bonds. The molecule has 1 heterocycles. The van der Waals surface area contributed by atoms with Crippen molar-refractivity contribution < 1.29 is 18.9 Å². The summed E-state index contributed by atoms with van der Waals surface area (Å²) >= 11 is 0. The number of fused-ring (bicyclic) bond motifs is 1. The number of para-hydroxylation sites is 1. The average Bonchev–Trinajstić information content (AvgIpc) is 2.79. The number of hydrogen-bond donors (Lipinski definition) is 0. The molecule has 0 bridgehead atoms. The van der Waals surface area contributed by atoms with E-state index in [9.17, 15) is 19.7 Å². The molecule has 154 valence electrons. The normalized spacial score (nSPS) is 10.7. The second kappa shape index (κ2) is 8.23. The minimum Gasteiger partial charge on any atom is -0.478 e. The first-order chi connectivity index (χ1) is 14.9. The van der Waals surface area contributed by atoms with Crippen molar-refractivity contribution in [3.05, 3.63) is 104 Å². The zero-order valence-electron chi connectivity index (χ0n) is 16.5. The van der Waals surface area contributed by atoms with E-state index in [2.05, 4.69) is 0 Å². The molecule has 0 aliphatic carbocycles. The van der Waals surface area contributed by atoms with Crippen LogP contribution in [0.3, 0.4) is 0 Å². The Balaban J connectivity index is 1.73. The van der Waals surface area contributed by atoms with E-state index >= 15 is 0 Å². The summed E-state index contributed by atoms with van der Waals surface area (Å²) in [5.41, 5.74) is 1.60. The van der Waals surface area contributed by atoms with Gasteiger partial charge < -0.3 is 9.15 Å². The SMILES string of the molecule is Cc1ccc(-c2oc3ccccc3c(=O)c2OCC(=O)c2cccc([N+](=O)[O-])c2)cc1. The molecule has 4 rings (SSSR count). The number of carbonyl (C=O) groups excluding carboxylic acids is 1. The maximum absolute atomic E-state index is 13.1. The summed E-state index contributed by atoms with van der Waals surface area (Å²) in [5.74, 6) is -0.358. The van der Waals surface area contributed by atoms with Crippen LogP contribution < -0.4 is 10.2 Å². The van der Waals surface area contributed by atoms with Crippen molar-refractivity contribution in [3.63, 3.8) is 0 Å². The summed E-state index contributed by atoms with van der Waals surface area (Å²) in [7, 11) is 0. The van der Waals surface area contributed by atoms with Crippen molar-refractivity contribution in [2.75, 3.05) is 6.61 Å². The number of nitro benzene ring substituents is 1. The van der Waals surface area contributed by atoms with Gasteiger partial charge in [-0.15, -0.1) is 0 Å². The zero-order valence-corrected chi connectivity index (χ0v) is 16.5. The molecule has 31 heavy (non-hydrogen) atoms. The lowest BCUT2D eigenvalue weighted by Gasteiger charge is -2.11. The van der Waals surface area contributed by atoms with Gasteiger partial charge in [0, 0.05) is 23.3 Å². The first-order valence-electron chi connectivity index (χ1n) is 9.47. The molecule has 1 aromatic heterocycles. The molecule has 0 aliphatic heterocycles. The molecule has 7 heteroatoms. The highest BCUT2D eigenvalue weighted by atomic mass is 16.6. The maximum Gasteiger partial charge on any atom is 0.270 e. The average molecular weight is 415 g/mol. The van der Waals surface area contributed by atoms with Gasteiger partial charge in [0.1, 0.15) is 5.58 Å². The predicted molar refractivity (Wildman–Crippen MR) is 116 cm³/mol. The molecule has 4 aromatic rings. The van der Waals surface area contributed by atoms with Crippen LogP contribution in [0.2, 0.25) is 0 Å². The van der Waals surface area contributed by atoms with Gasteiger partial charge in [-0.25, -0.2) is 0 Å². The molecular formula is C24H17NO6. The fourth-order valence-electron chi connectivity index (χ4n) is 3.16. The minimum atomic E-state index is -0.578. The van der Waals surface area contributed by atoms with Crippen molar-refractivity contribution in [2.24, 2.45) is 0 Å². The van der Waals surface area contributed by atoms with Crippen LogP contribution in [0.4, 0.5) is 5.69 Å². The van der Waals surface area contributed by atoms with E-state index in [1.165, 1.54) is 24.3 Å². The summed E-state index contributed by atoms with van der Waals surface area (Å²) < 4.78 is 11.6. The second-order valence-corrected chi connectivity index (χ2v) is 6.97. The minimum absolute atomic E-state index is 0.0821. The van der Waals surface area contributed by atoms with Crippen molar-refractivity contribution in [1.82, 2.24) is 0 Å². The lowest BCUT2D eigenvalue weighted by atomic mass is 10.1.